The van der Waals surface area contributed by atoms with Crippen molar-refractivity contribution < 1.29 is 23.9 Å². The molecule has 2 fully saturated rings. The number of imide groups is 1. The highest BCUT2D eigenvalue weighted by Crippen LogP contribution is 2.45. The van der Waals surface area contributed by atoms with Crippen LogP contribution < -0.4 is 10.2 Å². The number of halogens is 1. The number of amides is 3. The van der Waals surface area contributed by atoms with E-state index in [0.717, 1.165) is 12.0 Å². The SMILES string of the molecule is Cc1ccc(Cl)cc1NC(=O)COC(=O)c1ccc(N2C(=O)[C@H]3C[C@H](c4ccccc4)CC[C@H]3C2=O)cc1. The molecule has 2 aliphatic rings. The minimum Gasteiger partial charge on any atom is -0.452 e. The summed E-state index contributed by atoms with van der Waals surface area (Å²) in [6.45, 7) is 1.35. The van der Waals surface area contributed by atoms with Crippen molar-refractivity contribution in [3.63, 3.8) is 0 Å². The van der Waals surface area contributed by atoms with Crippen LogP contribution in [0.1, 0.15) is 46.7 Å². The fraction of sp³-hybridized carbons (Fsp3) is 0.267. The van der Waals surface area contributed by atoms with Gasteiger partial charge in [-0.25, -0.2) is 4.79 Å². The number of carbonyl (C=O) groups is 4. The first-order chi connectivity index (χ1) is 18.3. The van der Waals surface area contributed by atoms with Gasteiger partial charge in [0.15, 0.2) is 6.61 Å². The number of esters is 1. The third kappa shape index (κ3) is 5.20. The minimum absolute atomic E-state index is 0.185. The molecule has 38 heavy (non-hydrogen) atoms. The Bertz CT molecular complexity index is 1390. The number of carbonyl (C=O) groups excluding carboxylic acids is 4. The molecule has 0 spiro atoms. The maximum Gasteiger partial charge on any atom is 0.338 e. The number of benzene rings is 3. The number of nitrogens with zero attached hydrogens (tertiary/aromatic N) is 1. The average Bonchev–Trinajstić information content (AvgIpc) is 3.19. The smallest absolute Gasteiger partial charge is 0.338 e. The molecule has 1 saturated carbocycles. The minimum atomic E-state index is -0.687. The summed E-state index contributed by atoms with van der Waals surface area (Å²) >= 11 is 5.97. The number of ether oxygens (including phenoxy) is 1. The second-order valence-corrected chi connectivity index (χ2v) is 10.2. The molecular weight excluding hydrogens is 504 g/mol. The molecule has 0 bridgehead atoms. The molecular formula is C30H27ClN2O5. The van der Waals surface area contributed by atoms with Gasteiger partial charge in [0.05, 0.1) is 23.1 Å². The maximum atomic E-state index is 13.3. The van der Waals surface area contributed by atoms with Crippen molar-refractivity contribution in [2.24, 2.45) is 11.8 Å². The van der Waals surface area contributed by atoms with Crippen LogP contribution in [0.15, 0.2) is 72.8 Å². The zero-order valence-corrected chi connectivity index (χ0v) is 21.6. The van der Waals surface area contributed by atoms with E-state index in [1.165, 1.54) is 22.6 Å². The van der Waals surface area contributed by atoms with E-state index in [4.69, 9.17) is 16.3 Å². The molecule has 7 nitrogen and oxygen atoms in total. The highest BCUT2D eigenvalue weighted by molar-refractivity contribution is 6.31. The fourth-order valence-electron chi connectivity index (χ4n) is 5.34. The Balaban J connectivity index is 1.20. The predicted molar refractivity (Wildman–Crippen MR) is 144 cm³/mol. The van der Waals surface area contributed by atoms with Crippen molar-refractivity contribution in [3.05, 3.63) is 94.5 Å². The van der Waals surface area contributed by atoms with Crippen molar-refractivity contribution in [2.45, 2.75) is 32.1 Å². The first-order valence-electron chi connectivity index (χ1n) is 12.6. The van der Waals surface area contributed by atoms with E-state index in [0.29, 0.717) is 29.2 Å². The summed E-state index contributed by atoms with van der Waals surface area (Å²) in [7, 11) is 0. The van der Waals surface area contributed by atoms with Gasteiger partial charge in [-0.15, -0.1) is 0 Å². The first kappa shape index (κ1) is 25.7. The van der Waals surface area contributed by atoms with Crippen LogP contribution >= 0.6 is 11.6 Å². The van der Waals surface area contributed by atoms with Gasteiger partial charge in [0.2, 0.25) is 11.8 Å². The molecule has 8 heteroatoms. The zero-order chi connectivity index (χ0) is 26.8. The van der Waals surface area contributed by atoms with Gasteiger partial charge in [-0.3, -0.25) is 19.3 Å². The van der Waals surface area contributed by atoms with Crippen LogP contribution in [0.3, 0.4) is 0 Å². The third-order valence-corrected chi connectivity index (χ3v) is 7.60. The van der Waals surface area contributed by atoms with Crippen molar-refractivity contribution in [1.29, 1.82) is 0 Å². The Hall–Kier alpha value is -3.97. The van der Waals surface area contributed by atoms with Crippen LogP contribution in [-0.2, 0) is 19.1 Å². The second kappa shape index (κ2) is 10.8. The van der Waals surface area contributed by atoms with Crippen LogP contribution in [0.2, 0.25) is 5.02 Å². The number of fused-ring (bicyclic) bond motifs is 1. The van der Waals surface area contributed by atoms with Crippen molar-refractivity contribution in [3.8, 4) is 0 Å². The molecule has 1 heterocycles. The van der Waals surface area contributed by atoms with Gasteiger partial charge >= 0.3 is 5.97 Å². The summed E-state index contributed by atoms with van der Waals surface area (Å²) in [5.41, 5.74) is 3.20. The van der Waals surface area contributed by atoms with Gasteiger partial charge in [-0.05, 0) is 79.6 Å². The van der Waals surface area contributed by atoms with Crippen molar-refractivity contribution in [1.82, 2.24) is 0 Å². The largest absolute Gasteiger partial charge is 0.452 e. The number of nitrogens with one attached hydrogen (secondary N) is 1. The highest BCUT2D eigenvalue weighted by atomic mass is 35.5. The lowest BCUT2D eigenvalue weighted by Gasteiger charge is -2.28. The lowest BCUT2D eigenvalue weighted by Crippen LogP contribution is -2.30. The van der Waals surface area contributed by atoms with Gasteiger partial charge in [0.1, 0.15) is 0 Å². The predicted octanol–water partition coefficient (Wildman–Crippen LogP) is 5.52. The summed E-state index contributed by atoms with van der Waals surface area (Å²) in [5, 5.41) is 3.15. The monoisotopic (exact) mass is 530 g/mol. The number of anilines is 2. The van der Waals surface area contributed by atoms with Gasteiger partial charge in [-0.2, -0.15) is 0 Å². The normalized spacial score (nSPS) is 20.7. The molecule has 5 rings (SSSR count). The first-order valence-corrected chi connectivity index (χ1v) is 13.0. The van der Waals surface area contributed by atoms with Crippen LogP contribution in [-0.4, -0.2) is 30.3 Å². The van der Waals surface area contributed by atoms with Gasteiger partial charge in [0, 0.05) is 10.7 Å². The second-order valence-electron chi connectivity index (χ2n) is 9.78. The van der Waals surface area contributed by atoms with Crippen LogP contribution in [0, 0.1) is 18.8 Å². The highest BCUT2D eigenvalue weighted by Gasteiger charge is 2.50. The van der Waals surface area contributed by atoms with Gasteiger partial charge in [-0.1, -0.05) is 48.0 Å². The number of aryl methyl sites for hydroxylation is 1. The van der Waals surface area contributed by atoms with Crippen LogP contribution in [0.25, 0.3) is 0 Å². The Morgan fingerprint density at radius 2 is 1.66 bits per heavy atom. The third-order valence-electron chi connectivity index (χ3n) is 7.37. The quantitative estimate of drug-likeness (QED) is 0.335. The standard InChI is InChI=1S/C30H27ClN2O5/c1-18-7-11-22(31)16-26(18)32-27(34)17-38-30(37)20-8-12-23(13-9-20)33-28(35)24-14-10-21(15-25(24)29(33)36)19-5-3-2-4-6-19/h2-9,11-13,16,21,24-25H,10,14-15,17H2,1H3,(H,32,34)/t21-,24-,25+/m1/s1. The Kier molecular flexibility index (Phi) is 7.29. The summed E-state index contributed by atoms with van der Waals surface area (Å²) in [6.07, 6.45) is 2.19. The molecule has 1 saturated heterocycles. The number of rotatable bonds is 6. The lowest BCUT2D eigenvalue weighted by atomic mass is 9.73. The summed E-state index contributed by atoms with van der Waals surface area (Å²) in [5.74, 6) is -1.95. The molecule has 1 N–H and O–H groups in total. The zero-order valence-electron chi connectivity index (χ0n) is 20.9. The average molecular weight is 531 g/mol. The topological polar surface area (TPSA) is 92.8 Å². The van der Waals surface area contributed by atoms with Gasteiger partial charge < -0.3 is 10.1 Å². The molecule has 1 aliphatic carbocycles. The van der Waals surface area contributed by atoms with E-state index >= 15 is 0 Å². The van der Waals surface area contributed by atoms with E-state index in [1.54, 1.807) is 30.3 Å². The summed E-state index contributed by atoms with van der Waals surface area (Å²) < 4.78 is 5.14. The van der Waals surface area contributed by atoms with E-state index in [2.05, 4.69) is 17.4 Å². The maximum absolute atomic E-state index is 13.3. The Morgan fingerprint density at radius 3 is 2.39 bits per heavy atom. The molecule has 3 atom stereocenters. The van der Waals surface area contributed by atoms with Gasteiger partial charge in [0.25, 0.3) is 5.91 Å². The van der Waals surface area contributed by atoms with Crippen LogP contribution in [0.5, 0.6) is 0 Å². The lowest BCUT2D eigenvalue weighted by molar-refractivity contribution is -0.122. The van der Waals surface area contributed by atoms with E-state index in [9.17, 15) is 19.2 Å². The van der Waals surface area contributed by atoms with E-state index < -0.39 is 18.5 Å². The van der Waals surface area contributed by atoms with E-state index in [-0.39, 0.29) is 35.1 Å². The molecule has 3 amide bonds. The molecule has 0 aromatic heterocycles. The molecule has 0 unspecified atom stereocenters. The van der Waals surface area contributed by atoms with Crippen molar-refractivity contribution in [2.75, 3.05) is 16.8 Å². The fourth-order valence-corrected chi connectivity index (χ4v) is 5.51. The van der Waals surface area contributed by atoms with Crippen LogP contribution in [0.4, 0.5) is 11.4 Å². The Labute approximate surface area is 225 Å². The molecule has 194 valence electrons. The number of hydrogen-bond acceptors (Lipinski definition) is 5. The molecule has 3 aromatic carbocycles. The summed E-state index contributed by atoms with van der Waals surface area (Å²) in [4.78, 5) is 52.4. The summed E-state index contributed by atoms with van der Waals surface area (Å²) in [6, 6.07) is 21.3. The molecule has 3 aromatic rings. The Morgan fingerprint density at radius 1 is 0.947 bits per heavy atom. The van der Waals surface area contributed by atoms with Crippen molar-refractivity contribution >= 4 is 46.7 Å². The molecule has 1 aliphatic heterocycles. The number of hydrogen-bond donors (Lipinski definition) is 1. The molecule has 0 radical (unpaired) electrons. The van der Waals surface area contributed by atoms with E-state index in [1.807, 2.05) is 25.1 Å².